The second kappa shape index (κ2) is 5.74. The molecule has 1 aromatic rings. The molecule has 2 aliphatic rings. The summed E-state index contributed by atoms with van der Waals surface area (Å²) >= 11 is 0. The highest BCUT2D eigenvalue weighted by Gasteiger charge is 2.20. The monoisotopic (exact) mass is 249 g/mol. The Hall–Kier alpha value is -1.03. The molecule has 2 heterocycles. The molecule has 1 N–H and O–H groups in total. The third kappa shape index (κ3) is 2.69. The zero-order chi connectivity index (χ0) is 12.2. The summed E-state index contributed by atoms with van der Waals surface area (Å²) in [6.07, 6.45) is 13.0. The summed E-state index contributed by atoms with van der Waals surface area (Å²) in [6.45, 7) is 1.74. The van der Waals surface area contributed by atoms with E-state index < -0.39 is 0 Å². The summed E-state index contributed by atoms with van der Waals surface area (Å²) in [4.78, 5) is 4.48. The molecule has 1 atom stereocenters. The number of rotatable bonds is 3. The molecule has 0 spiro atoms. The van der Waals surface area contributed by atoms with Gasteiger partial charge >= 0.3 is 0 Å². The van der Waals surface area contributed by atoms with Crippen molar-refractivity contribution in [3.05, 3.63) is 12.4 Å². The van der Waals surface area contributed by atoms with Gasteiger partial charge < -0.3 is 14.6 Å². The van der Waals surface area contributed by atoms with Gasteiger partial charge in [0.1, 0.15) is 0 Å². The fraction of sp³-hybridized carbons (Fsp3) is 0.786. The van der Waals surface area contributed by atoms with Crippen molar-refractivity contribution in [2.45, 2.75) is 57.0 Å². The molecule has 1 aliphatic heterocycles. The van der Waals surface area contributed by atoms with Gasteiger partial charge in [-0.25, -0.2) is 4.98 Å². The second-order valence-electron chi connectivity index (χ2n) is 5.51. The highest BCUT2D eigenvalue weighted by Crippen LogP contribution is 2.25. The minimum atomic E-state index is 0.465. The van der Waals surface area contributed by atoms with Crippen LogP contribution in [-0.2, 0) is 4.74 Å². The molecule has 3 rings (SSSR count). The molecule has 4 nitrogen and oxygen atoms in total. The van der Waals surface area contributed by atoms with Crippen LogP contribution in [0.1, 0.15) is 51.0 Å². The van der Waals surface area contributed by atoms with Crippen molar-refractivity contribution in [2.75, 3.05) is 18.5 Å². The third-order valence-corrected chi connectivity index (χ3v) is 4.14. The number of nitrogens with zero attached hydrogens (tertiary/aromatic N) is 2. The first kappa shape index (κ1) is 12.0. The molecule has 1 saturated heterocycles. The van der Waals surface area contributed by atoms with E-state index in [0.29, 0.717) is 12.1 Å². The van der Waals surface area contributed by atoms with E-state index in [4.69, 9.17) is 4.74 Å². The average Bonchev–Trinajstić information content (AvgIpc) is 2.89. The number of imidazole rings is 1. The first-order valence-corrected chi connectivity index (χ1v) is 7.30. The summed E-state index contributed by atoms with van der Waals surface area (Å²) in [5, 5.41) is 3.62. The van der Waals surface area contributed by atoms with E-state index >= 15 is 0 Å². The van der Waals surface area contributed by atoms with Gasteiger partial charge in [0.05, 0.1) is 12.6 Å². The summed E-state index contributed by atoms with van der Waals surface area (Å²) in [6, 6.07) is 1.08. The Balaban J connectivity index is 1.66. The first-order valence-electron chi connectivity index (χ1n) is 7.30. The Morgan fingerprint density at radius 3 is 2.83 bits per heavy atom. The Labute approximate surface area is 109 Å². The molecule has 4 heteroatoms. The van der Waals surface area contributed by atoms with E-state index in [1.54, 1.807) is 0 Å². The smallest absolute Gasteiger partial charge is 0.203 e. The van der Waals surface area contributed by atoms with E-state index in [9.17, 15) is 0 Å². The van der Waals surface area contributed by atoms with Crippen LogP contribution in [0.15, 0.2) is 12.4 Å². The maximum absolute atomic E-state index is 5.57. The van der Waals surface area contributed by atoms with Gasteiger partial charge in [0, 0.05) is 25.0 Å². The fourth-order valence-corrected chi connectivity index (χ4v) is 3.09. The minimum absolute atomic E-state index is 0.465. The Morgan fingerprint density at radius 2 is 2.06 bits per heavy atom. The highest BCUT2D eigenvalue weighted by molar-refractivity contribution is 5.28. The number of ether oxygens (including phenoxy) is 1. The van der Waals surface area contributed by atoms with Crippen molar-refractivity contribution in [2.24, 2.45) is 0 Å². The van der Waals surface area contributed by atoms with Crippen LogP contribution in [-0.4, -0.2) is 28.8 Å². The molecule has 1 aromatic heterocycles. The SMILES string of the molecule is c1cn(C2CCCOC2)c(NC2CCCCC2)n1. The van der Waals surface area contributed by atoms with Crippen LogP contribution in [0, 0.1) is 0 Å². The van der Waals surface area contributed by atoms with E-state index in [1.165, 1.54) is 38.5 Å². The van der Waals surface area contributed by atoms with E-state index in [-0.39, 0.29) is 0 Å². The van der Waals surface area contributed by atoms with Crippen molar-refractivity contribution in [1.29, 1.82) is 0 Å². The molecule has 0 radical (unpaired) electrons. The maximum Gasteiger partial charge on any atom is 0.203 e. The van der Waals surface area contributed by atoms with Gasteiger partial charge in [0.15, 0.2) is 0 Å². The van der Waals surface area contributed by atoms with Crippen molar-refractivity contribution in [1.82, 2.24) is 9.55 Å². The van der Waals surface area contributed by atoms with E-state index in [1.807, 2.05) is 6.20 Å². The molecule has 1 unspecified atom stereocenters. The topological polar surface area (TPSA) is 39.1 Å². The number of nitrogens with one attached hydrogen (secondary N) is 1. The van der Waals surface area contributed by atoms with Crippen LogP contribution in [0.3, 0.4) is 0 Å². The molecule has 1 aliphatic carbocycles. The van der Waals surface area contributed by atoms with Gasteiger partial charge in [-0.3, -0.25) is 0 Å². The lowest BCUT2D eigenvalue weighted by Crippen LogP contribution is -2.27. The van der Waals surface area contributed by atoms with Crippen molar-refractivity contribution < 1.29 is 4.74 Å². The minimum Gasteiger partial charge on any atom is -0.379 e. The van der Waals surface area contributed by atoms with Crippen LogP contribution >= 0.6 is 0 Å². The summed E-state index contributed by atoms with van der Waals surface area (Å²) in [7, 11) is 0. The Kier molecular flexibility index (Phi) is 3.84. The number of aromatic nitrogens is 2. The standard InChI is InChI=1S/C14H23N3O/c1-2-5-12(6-3-1)16-14-15-8-9-17(14)13-7-4-10-18-11-13/h8-9,12-13H,1-7,10-11H2,(H,15,16). The van der Waals surface area contributed by atoms with Crippen LogP contribution in [0.5, 0.6) is 0 Å². The maximum atomic E-state index is 5.57. The molecular formula is C14H23N3O. The molecule has 2 fully saturated rings. The van der Waals surface area contributed by atoms with Crippen molar-refractivity contribution in [3.8, 4) is 0 Å². The van der Waals surface area contributed by atoms with Crippen LogP contribution in [0.25, 0.3) is 0 Å². The quantitative estimate of drug-likeness (QED) is 0.895. The molecule has 18 heavy (non-hydrogen) atoms. The van der Waals surface area contributed by atoms with E-state index in [0.717, 1.165) is 25.6 Å². The molecule has 0 amide bonds. The predicted octanol–water partition coefficient (Wildman–Crippen LogP) is 2.98. The average molecular weight is 249 g/mol. The van der Waals surface area contributed by atoms with Crippen LogP contribution in [0.4, 0.5) is 5.95 Å². The molecule has 100 valence electrons. The van der Waals surface area contributed by atoms with Gasteiger partial charge in [-0.05, 0) is 25.7 Å². The Morgan fingerprint density at radius 1 is 1.17 bits per heavy atom. The molecule has 0 aromatic carbocycles. The fourth-order valence-electron chi connectivity index (χ4n) is 3.09. The number of hydrogen-bond acceptors (Lipinski definition) is 3. The third-order valence-electron chi connectivity index (χ3n) is 4.14. The highest BCUT2D eigenvalue weighted by atomic mass is 16.5. The normalized spacial score (nSPS) is 26.1. The predicted molar refractivity (Wildman–Crippen MR) is 71.8 cm³/mol. The summed E-state index contributed by atoms with van der Waals surface area (Å²) < 4.78 is 7.85. The van der Waals surface area contributed by atoms with Crippen LogP contribution in [0.2, 0.25) is 0 Å². The Bertz CT molecular complexity index is 365. The number of anilines is 1. The lowest BCUT2D eigenvalue weighted by Gasteiger charge is -2.28. The van der Waals surface area contributed by atoms with Crippen LogP contribution < -0.4 is 5.32 Å². The molecule has 1 saturated carbocycles. The molecular weight excluding hydrogens is 226 g/mol. The van der Waals surface area contributed by atoms with E-state index in [2.05, 4.69) is 21.1 Å². The largest absolute Gasteiger partial charge is 0.379 e. The van der Waals surface area contributed by atoms with Crippen molar-refractivity contribution >= 4 is 5.95 Å². The lowest BCUT2D eigenvalue weighted by molar-refractivity contribution is 0.0597. The number of hydrogen-bond donors (Lipinski definition) is 1. The zero-order valence-electron chi connectivity index (χ0n) is 11.0. The lowest BCUT2D eigenvalue weighted by atomic mass is 9.96. The molecule has 0 bridgehead atoms. The van der Waals surface area contributed by atoms with Crippen molar-refractivity contribution in [3.63, 3.8) is 0 Å². The van der Waals surface area contributed by atoms with Gasteiger partial charge in [-0.15, -0.1) is 0 Å². The van der Waals surface area contributed by atoms with Gasteiger partial charge in [-0.2, -0.15) is 0 Å². The second-order valence-corrected chi connectivity index (χ2v) is 5.51. The van der Waals surface area contributed by atoms with Gasteiger partial charge in [0.25, 0.3) is 0 Å². The first-order chi connectivity index (χ1) is 8.93. The zero-order valence-corrected chi connectivity index (χ0v) is 11.0. The summed E-state index contributed by atoms with van der Waals surface area (Å²) in [5.41, 5.74) is 0. The van der Waals surface area contributed by atoms with Gasteiger partial charge in [-0.1, -0.05) is 19.3 Å². The summed E-state index contributed by atoms with van der Waals surface area (Å²) in [5.74, 6) is 1.04. The van der Waals surface area contributed by atoms with Gasteiger partial charge in [0.2, 0.25) is 5.95 Å².